The van der Waals surface area contributed by atoms with Crippen LogP contribution in [0.3, 0.4) is 0 Å². The number of aliphatic hydroxyl groups excluding tert-OH is 2. The number of aliphatic hydroxyl groups is 2. The lowest BCUT2D eigenvalue weighted by molar-refractivity contribution is -0.122. The molecule has 1 rings (SSSR count). The van der Waals surface area contributed by atoms with Gasteiger partial charge in [0.25, 0.3) is 0 Å². The number of aromatic nitrogens is 1. The molecule has 0 aliphatic carbocycles. The van der Waals surface area contributed by atoms with Crippen molar-refractivity contribution in [3.63, 3.8) is 0 Å². The minimum absolute atomic E-state index is 0.254. The van der Waals surface area contributed by atoms with Crippen LogP contribution in [0, 0.1) is 0 Å². The van der Waals surface area contributed by atoms with Crippen molar-refractivity contribution >= 4 is 33.4 Å². The highest BCUT2D eigenvalue weighted by Gasteiger charge is 2.34. The fourth-order valence-electron chi connectivity index (χ4n) is 1.33. The molecule has 0 aliphatic heterocycles. The number of rotatable bonds is 5. The molecule has 0 saturated heterocycles. The number of amides is 1. The van der Waals surface area contributed by atoms with Gasteiger partial charge in [-0.05, 0) is 28.1 Å². The summed E-state index contributed by atoms with van der Waals surface area (Å²) in [4.78, 5) is 15.4. The number of carbonyl (C=O) groups excluding carboxylic acids is 1. The van der Waals surface area contributed by atoms with Crippen molar-refractivity contribution < 1.29 is 15.0 Å². The number of alkyl halides is 1. The minimum Gasteiger partial charge on any atom is -0.393 e. The van der Waals surface area contributed by atoms with Gasteiger partial charge in [-0.1, -0.05) is 6.07 Å². The average molecular weight is 324 g/mol. The Morgan fingerprint density at radius 1 is 1.47 bits per heavy atom. The second-order valence-corrected chi connectivity index (χ2v) is 4.51. The lowest BCUT2D eigenvalue weighted by Gasteiger charge is -2.30. The van der Waals surface area contributed by atoms with E-state index in [2.05, 4.69) is 26.2 Å². The SMILES string of the molecule is O=C(CCl)NC(CO)(CO)c1cccc(Br)n1. The molecule has 1 aromatic rings. The molecule has 0 aromatic carbocycles. The quantitative estimate of drug-likeness (QED) is 0.540. The van der Waals surface area contributed by atoms with Crippen LogP contribution in [0.1, 0.15) is 5.69 Å². The number of pyridine rings is 1. The van der Waals surface area contributed by atoms with Gasteiger partial charge in [-0.3, -0.25) is 4.79 Å². The van der Waals surface area contributed by atoms with Gasteiger partial charge in [-0.25, -0.2) is 4.98 Å². The molecule has 3 N–H and O–H groups in total. The van der Waals surface area contributed by atoms with E-state index in [-0.39, 0.29) is 5.88 Å². The Bertz CT molecular complexity index is 399. The predicted octanol–water partition coefficient (Wildman–Crippen LogP) is 0.379. The maximum Gasteiger partial charge on any atom is 0.235 e. The zero-order chi connectivity index (χ0) is 12.9. The monoisotopic (exact) mass is 322 g/mol. The molecule has 0 aliphatic rings. The molecule has 0 saturated carbocycles. The number of carbonyl (C=O) groups is 1. The first-order chi connectivity index (χ1) is 8.07. The summed E-state index contributed by atoms with van der Waals surface area (Å²) in [7, 11) is 0. The maximum atomic E-state index is 11.3. The van der Waals surface area contributed by atoms with Crippen LogP contribution in [0.25, 0.3) is 0 Å². The van der Waals surface area contributed by atoms with E-state index in [0.717, 1.165) is 0 Å². The Morgan fingerprint density at radius 2 is 2.12 bits per heavy atom. The van der Waals surface area contributed by atoms with E-state index in [9.17, 15) is 15.0 Å². The molecule has 5 nitrogen and oxygen atoms in total. The Morgan fingerprint density at radius 3 is 2.59 bits per heavy atom. The van der Waals surface area contributed by atoms with Gasteiger partial charge in [-0.15, -0.1) is 11.6 Å². The Labute approximate surface area is 112 Å². The molecular formula is C10H12BrClN2O3. The maximum absolute atomic E-state index is 11.3. The zero-order valence-corrected chi connectivity index (χ0v) is 11.2. The number of nitrogens with zero attached hydrogens (tertiary/aromatic N) is 1. The molecule has 94 valence electrons. The van der Waals surface area contributed by atoms with Gasteiger partial charge in [0.05, 0.1) is 18.9 Å². The van der Waals surface area contributed by atoms with Gasteiger partial charge in [0.2, 0.25) is 5.91 Å². The van der Waals surface area contributed by atoms with Gasteiger partial charge in [-0.2, -0.15) is 0 Å². The van der Waals surface area contributed by atoms with E-state index in [1.54, 1.807) is 18.2 Å². The van der Waals surface area contributed by atoms with Gasteiger partial charge in [0.15, 0.2) is 0 Å². The molecule has 0 fully saturated rings. The first-order valence-electron chi connectivity index (χ1n) is 4.79. The van der Waals surface area contributed by atoms with Gasteiger partial charge >= 0.3 is 0 Å². The van der Waals surface area contributed by atoms with Crippen molar-refractivity contribution in [2.24, 2.45) is 0 Å². The van der Waals surface area contributed by atoms with Crippen LogP contribution >= 0.6 is 27.5 Å². The van der Waals surface area contributed by atoms with Crippen molar-refractivity contribution in [1.82, 2.24) is 10.3 Å². The summed E-state index contributed by atoms with van der Waals surface area (Å²) in [5.41, 5.74) is -0.967. The highest BCUT2D eigenvalue weighted by molar-refractivity contribution is 9.10. The van der Waals surface area contributed by atoms with Crippen LogP contribution in [-0.4, -0.2) is 40.2 Å². The third-order valence-corrected chi connectivity index (χ3v) is 2.93. The molecule has 0 spiro atoms. The lowest BCUT2D eigenvalue weighted by Crippen LogP contribution is -2.52. The van der Waals surface area contributed by atoms with E-state index >= 15 is 0 Å². The third kappa shape index (κ3) is 3.38. The number of nitrogens with one attached hydrogen (secondary N) is 1. The molecule has 17 heavy (non-hydrogen) atoms. The molecular weight excluding hydrogens is 311 g/mol. The molecule has 1 heterocycles. The first-order valence-corrected chi connectivity index (χ1v) is 6.12. The summed E-state index contributed by atoms with van der Waals surface area (Å²) in [5, 5.41) is 21.3. The summed E-state index contributed by atoms with van der Waals surface area (Å²) in [6, 6.07) is 5.00. The minimum atomic E-state index is -1.32. The highest BCUT2D eigenvalue weighted by atomic mass is 79.9. The van der Waals surface area contributed by atoms with E-state index in [0.29, 0.717) is 10.3 Å². The Hall–Kier alpha value is -0.690. The molecule has 1 amide bonds. The van der Waals surface area contributed by atoms with E-state index in [1.807, 2.05) is 0 Å². The van der Waals surface area contributed by atoms with Crippen molar-refractivity contribution in [2.45, 2.75) is 5.54 Å². The molecule has 0 bridgehead atoms. The highest BCUT2D eigenvalue weighted by Crippen LogP contribution is 2.20. The van der Waals surface area contributed by atoms with E-state index in [1.165, 1.54) is 0 Å². The third-order valence-electron chi connectivity index (χ3n) is 2.25. The fraction of sp³-hybridized carbons (Fsp3) is 0.400. The molecule has 0 atom stereocenters. The average Bonchev–Trinajstić information content (AvgIpc) is 2.35. The predicted molar refractivity (Wildman–Crippen MR) is 66.6 cm³/mol. The van der Waals surface area contributed by atoms with Gasteiger partial charge in [0, 0.05) is 0 Å². The van der Waals surface area contributed by atoms with Crippen LogP contribution < -0.4 is 5.32 Å². The van der Waals surface area contributed by atoms with Gasteiger partial charge < -0.3 is 15.5 Å². The fourth-order valence-corrected chi connectivity index (χ4v) is 1.74. The summed E-state index contributed by atoms with van der Waals surface area (Å²) in [5.74, 6) is -0.744. The smallest absolute Gasteiger partial charge is 0.235 e. The second-order valence-electron chi connectivity index (χ2n) is 3.43. The summed E-state index contributed by atoms with van der Waals surface area (Å²) < 4.78 is 0.543. The van der Waals surface area contributed by atoms with Crippen LogP contribution in [0.4, 0.5) is 0 Å². The van der Waals surface area contributed by atoms with E-state index < -0.39 is 24.7 Å². The zero-order valence-electron chi connectivity index (χ0n) is 8.86. The Balaban J connectivity index is 3.10. The molecule has 0 radical (unpaired) electrons. The molecule has 0 unspecified atom stereocenters. The number of halogens is 2. The van der Waals surface area contributed by atoms with Crippen LogP contribution in [0.15, 0.2) is 22.8 Å². The van der Waals surface area contributed by atoms with E-state index in [4.69, 9.17) is 11.6 Å². The van der Waals surface area contributed by atoms with Crippen LogP contribution in [0.2, 0.25) is 0 Å². The van der Waals surface area contributed by atoms with Crippen molar-refractivity contribution in [3.8, 4) is 0 Å². The number of hydrogen-bond donors (Lipinski definition) is 3. The Kier molecular flexibility index (Phi) is 5.32. The normalized spacial score (nSPS) is 11.3. The van der Waals surface area contributed by atoms with Crippen molar-refractivity contribution in [3.05, 3.63) is 28.5 Å². The van der Waals surface area contributed by atoms with Crippen LogP contribution in [0.5, 0.6) is 0 Å². The second kappa shape index (κ2) is 6.30. The molecule has 1 aromatic heterocycles. The largest absolute Gasteiger partial charge is 0.393 e. The summed E-state index contributed by atoms with van der Waals surface area (Å²) >= 11 is 8.57. The lowest BCUT2D eigenvalue weighted by atomic mass is 9.96. The summed E-state index contributed by atoms with van der Waals surface area (Å²) in [6.07, 6.45) is 0. The first kappa shape index (κ1) is 14.4. The summed E-state index contributed by atoms with van der Waals surface area (Å²) in [6.45, 7) is -0.953. The van der Waals surface area contributed by atoms with Crippen molar-refractivity contribution in [2.75, 3.05) is 19.1 Å². The van der Waals surface area contributed by atoms with Crippen LogP contribution in [-0.2, 0) is 10.3 Å². The molecule has 7 heteroatoms. The topological polar surface area (TPSA) is 82.5 Å². The van der Waals surface area contributed by atoms with Crippen molar-refractivity contribution in [1.29, 1.82) is 0 Å². The standard InChI is InChI=1S/C10H12BrClN2O3/c11-8-3-1-2-7(13-8)10(5-15,6-16)14-9(17)4-12/h1-3,15-16H,4-6H2,(H,14,17). The van der Waals surface area contributed by atoms with Gasteiger partial charge in [0.1, 0.15) is 16.0 Å². The number of hydrogen-bond acceptors (Lipinski definition) is 4.